The molecular formula is C20H27N3O2S2. The lowest BCUT2D eigenvalue weighted by atomic mass is 10.0. The Balaban J connectivity index is 1.50. The fraction of sp³-hybridized carbons (Fsp3) is 0.600. The van der Waals surface area contributed by atoms with E-state index in [1.807, 2.05) is 12.1 Å². The monoisotopic (exact) mass is 405 g/mol. The second-order valence-corrected chi connectivity index (χ2v) is 10.6. The summed E-state index contributed by atoms with van der Waals surface area (Å²) < 4.78 is 27.8. The third-order valence-electron chi connectivity index (χ3n) is 5.86. The van der Waals surface area contributed by atoms with E-state index < -0.39 is 10.0 Å². The molecule has 0 bridgehead atoms. The largest absolute Gasteiger partial charge is 0.243 e. The zero-order valence-corrected chi connectivity index (χ0v) is 17.4. The zero-order chi connectivity index (χ0) is 18.9. The van der Waals surface area contributed by atoms with Gasteiger partial charge in [0, 0.05) is 24.9 Å². The van der Waals surface area contributed by atoms with Crippen molar-refractivity contribution < 1.29 is 8.42 Å². The molecule has 7 heteroatoms. The highest BCUT2D eigenvalue weighted by molar-refractivity contribution is 7.89. The molecule has 2 aliphatic rings. The van der Waals surface area contributed by atoms with E-state index in [4.69, 9.17) is 0 Å². The Morgan fingerprint density at radius 1 is 1.00 bits per heavy atom. The second kappa shape index (κ2) is 7.97. The molecule has 1 saturated carbocycles. The molecule has 0 N–H and O–H groups in total. The molecule has 1 unspecified atom stereocenters. The molecule has 1 aromatic heterocycles. The van der Waals surface area contributed by atoms with Crippen molar-refractivity contribution in [2.75, 3.05) is 13.1 Å². The molecule has 1 aliphatic heterocycles. The Bertz CT molecular complexity index is 871. The van der Waals surface area contributed by atoms with Gasteiger partial charge < -0.3 is 0 Å². The molecule has 1 atom stereocenters. The van der Waals surface area contributed by atoms with E-state index in [9.17, 15) is 8.42 Å². The minimum Gasteiger partial charge on any atom is -0.207 e. The van der Waals surface area contributed by atoms with Gasteiger partial charge in [0.25, 0.3) is 0 Å². The van der Waals surface area contributed by atoms with E-state index in [-0.39, 0.29) is 5.92 Å². The Hall–Kier alpha value is -1.31. The van der Waals surface area contributed by atoms with Crippen LogP contribution in [0.2, 0.25) is 0 Å². The highest BCUT2D eigenvalue weighted by Gasteiger charge is 2.33. The molecular weight excluding hydrogens is 378 g/mol. The summed E-state index contributed by atoms with van der Waals surface area (Å²) >= 11 is 1.71. The molecule has 5 nitrogen and oxygen atoms in total. The van der Waals surface area contributed by atoms with Crippen molar-refractivity contribution >= 4 is 21.4 Å². The normalized spacial score (nSPS) is 22.3. The molecule has 1 aliphatic carbocycles. The maximum Gasteiger partial charge on any atom is 0.243 e. The van der Waals surface area contributed by atoms with Gasteiger partial charge in [-0.1, -0.05) is 31.9 Å². The van der Waals surface area contributed by atoms with Crippen LogP contribution in [-0.4, -0.2) is 36.0 Å². The number of benzene rings is 1. The van der Waals surface area contributed by atoms with Gasteiger partial charge in [-0.25, -0.2) is 8.42 Å². The van der Waals surface area contributed by atoms with Crippen LogP contribution in [-0.2, 0) is 16.4 Å². The summed E-state index contributed by atoms with van der Waals surface area (Å²) in [5.74, 6) is 0.729. The minimum absolute atomic E-state index is 0.163. The lowest BCUT2D eigenvalue weighted by molar-refractivity contribution is 0.314. The van der Waals surface area contributed by atoms with Gasteiger partial charge in [-0.2, -0.15) is 4.31 Å². The zero-order valence-electron chi connectivity index (χ0n) is 15.8. The van der Waals surface area contributed by atoms with Crippen molar-refractivity contribution in [3.05, 3.63) is 39.8 Å². The predicted molar refractivity (Wildman–Crippen MR) is 108 cm³/mol. The highest BCUT2D eigenvalue weighted by atomic mass is 32.2. The molecule has 0 amide bonds. The number of aryl methyl sites for hydroxylation is 1. The molecule has 27 heavy (non-hydrogen) atoms. The SMILES string of the molecule is CCc1ccc(S(=O)(=O)N2CCCC(c3nnc(C4CCCC4)s3)C2)cc1. The Kier molecular flexibility index (Phi) is 5.62. The summed E-state index contributed by atoms with van der Waals surface area (Å²) in [6.07, 6.45) is 7.76. The van der Waals surface area contributed by atoms with Gasteiger partial charge in [0.1, 0.15) is 10.0 Å². The highest BCUT2D eigenvalue weighted by Crippen LogP contribution is 2.38. The number of piperidine rings is 1. The van der Waals surface area contributed by atoms with Gasteiger partial charge >= 0.3 is 0 Å². The molecule has 1 saturated heterocycles. The number of hydrogen-bond donors (Lipinski definition) is 0. The van der Waals surface area contributed by atoms with Crippen molar-refractivity contribution in [1.29, 1.82) is 0 Å². The Morgan fingerprint density at radius 3 is 2.30 bits per heavy atom. The first kappa shape index (κ1) is 19.0. The average Bonchev–Trinajstić information content (AvgIpc) is 3.40. The molecule has 2 heterocycles. The Morgan fingerprint density at radius 2 is 1.63 bits per heavy atom. The van der Waals surface area contributed by atoms with Gasteiger partial charge in [-0.3, -0.25) is 0 Å². The molecule has 146 valence electrons. The van der Waals surface area contributed by atoms with Gasteiger partial charge in [-0.15, -0.1) is 21.5 Å². The summed E-state index contributed by atoms with van der Waals surface area (Å²) in [6, 6.07) is 7.29. The van der Waals surface area contributed by atoms with Gasteiger partial charge in [0.2, 0.25) is 10.0 Å². The lowest BCUT2D eigenvalue weighted by Crippen LogP contribution is -2.39. The van der Waals surface area contributed by atoms with Gasteiger partial charge in [0.15, 0.2) is 0 Å². The predicted octanol–water partition coefficient (Wildman–Crippen LogP) is 4.33. The molecule has 0 spiro atoms. The molecule has 2 fully saturated rings. The van der Waals surface area contributed by atoms with Crippen LogP contribution in [0.3, 0.4) is 0 Å². The van der Waals surface area contributed by atoms with Gasteiger partial charge in [0.05, 0.1) is 4.90 Å². The third-order valence-corrected chi connectivity index (χ3v) is 8.99. The molecule has 0 radical (unpaired) electrons. The third kappa shape index (κ3) is 3.96. The number of aromatic nitrogens is 2. The summed E-state index contributed by atoms with van der Waals surface area (Å²) in [6.45, 7) is 3.17. The first-order valence-corrected chi connectivity index (χ1v) is 12.3. The van der Waals surface area contributed by atoms with E-state index in [1.54, 1.807) is 27.8 Å². The summed E-state index contributed by atoms with van der Waals surface area (Å²) in [5, 5.41) is 11.0. The van der Waals surface area contributed by atoms with Crippen LogP contribution >= 0.6 is 11.3 Å². The van der Waals surface area contributed by atoms with Crippen LogP contribution in [0.15, 0.2) is 29.2 Å². The van der Waals surface area contributed by atoms with Crippen LogP contribution in [0.25, 0.3) is 0 Å². The van der Waals surface area contributed by atoms with Crippen molar-refractivity contribution in [1.82, 2.24) is 14.5 Å². The second-order valence-electron chi connectivity index (χ2n) is 7.66. The molecule has 1 aromatic carbocycles. The van der Waals surface area contributed by atoms with Gasteiger partial charge in [-0.05, 0) is 49.8 Å². The van der Waals surface area contributed by atoms with E-state index in [0.29, 0.717) is 23.9 Å². The standard InChI is InChI=1S/C20H27N3O2S2/c1-2-15-9-11-18(12-10-15)27(24,25)23-13-5-8-17(14-23)20-22-21-19(26-20)16-6-3-4-7-16/h9-12,16-17H,2-8,13-14H2,1H3. The quantitative estimate of drug-likeness (QED) is 0.743. The summed E-state index contributed by atoms with van der Waals surface area (Å²) in [5.41, 5.74) is 1.15. The maximum atomic E-state index is 13.1. The van der Waals surface area contributed by atoms with Crippen LogP contribution in [0.1, 0.15) is 72.9 Å². The minimum atomic E-state index is -3.45. The number of hydrogen-bond acceptors (Lipinski definition) is 5. The van der Waals surface area contributed by atoms with Crippen LogP contribution < -0.4 is 0 Å². The van der Waals surface area contributed by atoms with Crippen molar-refractivity contribution in [2.45, 2.75) is 68.6 Å². The molecule has 4 rings (SSSR count). The smallest absolute Gasteiger partial charge is 0.207 e. The topological polar surface area (TPSA) is 63.2 Å². The van der Waals surface area contributed by atoms with E-state index in [0.717, 1.165) is 34.8 Å². The van der Waals surface area contributed by atoms with E-state index in [2.05, 4.69) is 17.1 Å². The summed E-state index contributed by atoms with van der Waals surface area (Å²) in [4.78, 5) is 0.393. The van der Waals surface area contributed by atoms with Crippen LogP contribution in [0, 0.1) is 0 Å². The van der Waals surface area contributed by atoms with Crippen molar-refractivity contribution in [3.63, 3.8) is 0 Å². The van der Waals surface area contributed by atoms with E-state index >= 15 is 0 Å². The van der Waals surface area contributed by atoms with Crippen LogP contribution in [0.5, 0.6) is 0 Å². The fourth-order valence-electron chi connectivity index (χ4n) is 4.16. The van der Waals surface area contributed by atoms with Crippen molar-refractivity contribution in [3.8, 4) is 0 Å². The van der Waals surface area contributed by atoms with Crippen LogP contribution in [0.4, 0.5) is 0 Å². The van der Waals surface area contributed by atoms with E-state index in [1.165, 1.54) is 25.7 Å². The number of rotatable bonds is 5. The maximum absolute atomic E-state index is 13.1. The fourth-order valence-corrected chi connectivity index (χ4v) is 6.82. The molecule has 2 aromatic rings. The number of sulfonamides is 1. The van der Waals surface area contributed by atoms with Crippen molar-refractivity contribution in [2.24, 2.45) is 0 Å². The average molecular weight is 406 g/mol. The first-order valence-electron chi connectivity index (χ1n) is 10.0. The lowest BCUT2D eigenvalue weighted by Gasteiger charge is -2.30. The Labute approximate surface area is 165 Å². The summed E-state index contributed by atoms with van der Waals surface area (Å²) in [7, 11) is -3.45. The number of nitrogens with zero attached hydrogens (tertiary/aromatic N) is 3. The first-order chi connectivity index (χ1) is 13.1.